The number of carbonyl (C=O) groups excluding carboxylic acids is 1. The molecule has 1 N–H and O–H groups in total. The van der Waals surface area contributed by atoms with Crippen molar-refractivity contribution < 1.29 is 4.79 Å². The summed E-state index contributed by atoms with van der Waals surface area (Å²) in [4.78, 5) is 14.1. The van der Waals surface area contributed by atoms with Gasteiger partial charge in [0.15, 0.2) is 0 Å². The normalized spacial score (nSPS) is 22.3. The Morgan fingerprint density at radius 2 is 2.00 bits per heavy atom. The van der Waals surface area contributed by atoms with Crippen molar-refractivity contribution in [2.45, 2.75) is 52.1 Å². The first-order valence-corrected chi connectivity index (χ1v) is 8.28. The second-order valence-corrected chi connectivity index (χ2v) is 6.11. The smallest absolute Gasteiger partial charge is 0.222 e. The van der Waals surface area contributed by atoms with Gasteiger partial charge in [-0.15, -0.1) is 0 Å². The third-order valence-electron chi connectivity index (χ3n) is 4.33. The van der Waals surface area contributed by atoms with E-state index in [1.165, 1.54) is 24.8 Å². The Bertz CT molecular complexity index is 432. The van der Waals surface area contributed by atoms with Crippen LogP contribution in [0.5, 0.6) is 0 Å². The molecular weight excluding hydrogens is 260 g/mol. The maximum absolute atomic E-state index is 12.0. The van der Waals surface area contributed by atoms with Crippen molar-refractivity contribution in [2.24, 2.45) is 5.92 Å². The number of rotatable bonds is 6. The molecule has 2 rings (SSSR count). The van der Waals surface area contributed by atoms with Crippen LogP contribution in [0.4, 0.5) is 0 Å². The van der Waals surface area contributed by atoms with Crippen LogP contribution in [0.1, 0.15) is 45.1 Å². The standard InChI is InChI=1S/C18H28N2O/c1-3-8-16-11-17(14-20(13-16)18(21)4-2)19-12-15-9-6-5-7-10-15/h5-7,9-10,16-17,19H,3-4,8,11-14H2,1-2H3. The lowest BCUT2D eigenvalue weighted by Crippen LogP contribution is -2.51. The lowest BCUT2D eigenvalue weighted by Gasteiger charge is -2.38. The molecule has 1 aliphatic rings. The number of nitrogens with zero attached hydrogens (tertiary/aromatic N) is 1. The molecule has 0 radical (unpaired) electrons. The average Bonchev–Trinajstić information content (AvgIpc) is 2.53. The zero-order chi connectivity index (χ0) is 15.1. The fourth-order valence-corrected chi connectivity index (χ4v) is 3.25. The minimum absolute atomic E-state index is 0.294. The molecule has 1 saturated heterocycles. The number of hydrogen-bond acceptors (Lipinski definition) is 2. The highest BCUT2D eigenvalue weighted by Crippen LogP contribution is 2.22. The highest BCUT2D eigenvalue weighted by molar-refractivity contribution is 5.76. The molecule has 2 atom stereocenters. The molecule has 1 heterocycles. The number of piperidine rings is 1. The van der Waals surface area contributed by atoms with Crippen molar-refractivity contribution in [3.63, 3.8) is 0 Å². The lowest BCUT2D eigenvalue weighted by molar-refractivity contribution is -0.133. The van der Waals surface area contributed by atoms with Gasteiger partial charge in [-0.25, -0.2) is 0 Å². The van der Waals surface area contributed by atoms with E-state index in [0.717, 1.165) is 19.6 Å². The van der Waals surface area contributed by atoms with Crippen LogP contribution in [0.3, 0.4) is 0 Å². The molecular formula is C18H28N2O. The Kier molecular flexibility index (Phi) is 6.24. The summed E-state index contributed by atoms with van der Waals surface area (Å²) >= 11 is 0. The van der Waals surface area contributed by atoms with Gasteiger partial charge >= 0.3 is 0 Å². The Morgan fingerprint density at radius 3 is 2.67 bits per heavy atom. The highest BCUT2D eigenvalue weighted by Gasteiger charge is 2.28. The Morgan fingerprint density at radius 1 is 1.24 bits per heavy atom. The van der Waals surface area contributed by atoms with E-state index in [0.29, 0.717) is 24.3 Å². The van der Waals surface area contributed by atoms with E-state index < -0.39 is 0 Å². The van der Waals surface area contributed by atoms with Gasteiger partial charge in [0.25, 0.3) is 0 Å². The SMILES string of the molecule is CCCC1CC(NCc2ccccc2)CN(C(=O)CC)C1. The van der Waals surface area contributed by atoms with Crippen LogP contribution in [-0.2, 0) is 11.3 Å². The fraction of sp³-hybridized carbons (Fsp3) is 0.611. The van der Waals surface area contributed by atoms with Crippen LogP contribution in [0.15, 0.2) is 30.3 Å². The molecule has 1 aromatic rings. The van der Waals surface area contributed by atoms with E-state index in [1.54, 1.807) is 0 Å². The van der Waals surface area contributed by atoms with E-state index in [9.17, 15) is 4.79 Å². The minimum Gasteiger partial charge on any atom is -0.341 e. The molecule has 2 unspecified atom stereocenters. The predicted octanol–water partition coefficient (Wildman–Crippen LogP) is 3.20. The van der Waals surface area contributed by atoms with Gasteiger partial charge in [-0.05, 0) is 24.3 Å². The van der Waals surface area contributed by atoms with Crippen LogP contribution in [0.25, 0.3) is 0 Å². The second-order valence-electron chi connectivity index (χ2n) is 6.11. The molecule has 116 valence electrons. The van der Waals surface area contributed by atoms with Crippen LogP contribution in [0, 0.1) is 5.92 Å². The van der Waals surface area contributed by atoms with Crippen LogP contribution < -0.4 is 5.32 Å². The third kappa shape index (κ3) is 4.85. The van der Waals surface area contributed by atoms with Gasteiger partial charge in [0.1, 0.15) is 0 Å². The summed E-state index contributed by atoms with van der Waals surface area (Å²) in [7, 11) is 0. The third-order valence-corrected chi connectivity index (χ3v) is 4.33. The van der Waals surface area contributed by atoms with Gasteiger partial charge in [0.05, 0.1) is 0 Å². The summed E-state index contributed by atoms with van der Waals surface area (Å²) in [6, 6.07) is 10.9. The summed E-state index contributed by atoms with van der Waals surface area (Å²) in [5.74, 6) is 0.940. The molecule has 0 aromatic heterocycles. The number of nitrogens with one attached hydrogen (secondary N) is 1. The first-order valence-electron chi connectivity index (χ1n) is 8.28. The topological polar surface area (TPSA) is 32.3 Å². The minimum atomic E-state index is 0.294. The first kappa shape index (κ1) is 16.0. The Balaban J connectivity index is 1.92. The number of carbonyl (C=O) groups is 1. The molecule has 0 saturated carbocycles. The van der Waals surface area contributed by atoms with Gasteiger partial charge < -0.3 is 10.2 Å². The van der Waals surface area contributed by atoms with Gasteiger partial charge in [-0.3, -0.25) is 4.79 Å². The van der Waals surface area contributed by atoms with Crippen molar-refractivity contribution in [2.75, 3.05) is 13.1 Å². The van der Waals surface area contributed by atoms with E-state index >= 15 is 0 Å². The Labute approximate surface area is 128 Å². The number of amides is 1. The highest BCUT2D eigenvalue weighted by atomic mass is 16.2. The Hall–Kier alpha value is -1.35. The summed E-state index contributed by atoms with van der Waals surface area (Å²) in [6.45, 7) is 6.88. The number of benzene rings is 1. The molecule has 3 nitrogen and oxygen atoms in total. The lowest BCUT2D eigenvalue weighted by atomic mass is 9.90. The molecule has 1 aromatic carbocycles. The predicted molar refractivity (Wildman–Crippen MR) is 87.0 cm³/mol. The summed E-state index contributed by atoms with van der Waals surface area (Å²) in [6.07, 6.45) is 4.22. The van der Waals surface area contributed by atoms with E-state index in [4.69, 9.17) is 0 Å². The maximum Gasteiger partial charge on any atom is 0.222 e. The molecule has 3 heteroatoms. The van der Waals surface area contributed by atoms with Gasteiger partial charge in [-0.1, -0.05) is 50.6 Å². The molecule has 0 spiro atoms. The zero-order valence-corrected chi connectivity index (χ0v) is 13.3. The van der Waals surface area contributed by atoms with Crippen molar-refractivity contribution >= 4 is 5.91 Å². The van der Waals surface area contributed by atoms with E-state index in [1.807, 2.05) is 13.0 Å². The molecule has 1 fully saturated rings. The second kappa shape index (κ2) is 8.18. The van der Waals surface area contributed by atoms with Crippen LogP contribution in [0.2, 0.25) is 0 Å². The number of hydrogen-bond donors (Lipinski definition) is 1. The maximum atomic E-state index is 12.0. The van der Waals surface area contributed by atoms with Crippen molar-refractivity contribution in [3.05, 3.63) is 35.9 Å². The summed E-state index contributed by atoms with van der Waals surface area (Å²) < 4.78 is 0. The summed E-state index contributed by atoms with van der Waals surface area (Å²) in [5.41, 5.74) is 1.31. The van der Waals surface area contributed by atoms with Gasteiger partial charge in [0, 0.05) is 32.1 Å². The molecule has 0 aliphatic carbocycles. The quantitative estimate of drug-likeness (QED) is 0.872. The van der Waals surface area contributed by atoms with Crippen LogP contribution in [-0.4, -0.2) is 29.9 Å². The van der Waals surface area contributed by atoms with Gasteiger partial charge in [-0.2, -0.15) is 0 Å². The molecule has 21 heavy (non-hydrogen) atoms. The van der Waals surface area contributed by atoms with E-state index in [-0.39, 0.29) is 0 Å². The largest absolute Gasteiger partial charge is 0.341 e. The monoisotopic (exact) mass is 288 g/mol. The van der Waals surface area contributed by atoms with Crippen molar-refractivity contribution in [1.29, 1.82) is 0 Å². The van der Waals surface area contributed by atoms with Crippen molar-refractivity contribution in [3.8, 4) is 0 Å². The van der Waals surface area contributed by atoms with Gasteiger partial charge in [0.2, 0.25) is 5.91 Å². The molecule has 1 amide bonds. The molecule has 0 bridgehead atoms. The molecule has 1 aliphatic heterocycles. The summed E-state index contributed by atoms with van der Waals surface area (Å²) in [5, 5.41) is 3.64. The number of likely N-dealkylation sites (tertiary alicyclic amines) is 1. The van der Waals surface area contributed by atoms with Crippen molar-refractivity contribution in [1.82, 2.24) is 10.2 Å². The first-order chi connectivity index (χ1) is 10.2. The van der Waals surface area contributed by atoms with E-state index in [2.05, 4.69) is 41.4 Å². The average molecular weight is 288 g/mol. The fourth-order valence-electron chi connectivity index (χ4n) is 3.25. The van der Waals surface area contributed by atoms with Crippen LogP contribution >= 0.6 is 0 Å². The zero-order valence-electron chi connectivity index (χ0n) is 13.3.